The molecule has 2 aromatic carbocycles. The van der Waals surface area contributed by atoms with Crippen LogP contribution in [0.4, 0.5) is 5.69 Å². The smallest absolute Gasteiger partial charge is 0.251 e. The molecule has 1 aliphatic rings. The Labute approximate surface area is 123 Å². The summed E-state index contributed by atoms with van der Waals surface area (Å²) in [5, 5.41) is 3.00. The first-order valence-electron chi connectivity index (χ1n) is 6.79. The number of fused-ring (bicyclic) bond motifs is 1. The highest BCUT2D eigenvalue weighted by Crippen LogP contribution is 2.31. The minimum absolute atomic E-state index is 0.110. The average molecular weight is 283 g/mol. The number of aryl methyl sites for hydroxylation is 1. The van der Waals surface area contributed by atoms with E-state index in [9.17, 15) is 4.79 Å². The third-order valence-corrected chi connectivity index (χ3v) is 3.65. The number of hydrogen-bond acceptors (Lipinski definition) is 4. The normalized spacial score (nSPS) is 16.0. The molecule has 0 aromatic heterocycles. The van der Waals surface area contributed by atoms with Gasteiger partial charge in [-0.05, 0) is 36.8 Å². The molecule has 3 rings (SSSR count). The number of para-hydroxylation sites is 1. The van der Waals surface area contributed by atoms with E-state index in [1.54, 1.807) is 12.1 Å². The van der Waals surface area contributed by atoms with E-state index in [4.69, 9.17) is 10.6 Å². The third-order valence-electron chi connectivity index (χ3n) is 3.65. The summed E-state index contributed by atoms with van der Waals surface area (Å²) in [5.74, 6) is 6.11. The predicted molar refractivity (Wildman–Crippen MR) is 81.1 cm³/mol. The molecule has 108 valence electrons. The van der Waals surface area contributed by atoms with Crippen molar-refractivity contribution in [3.8, 4) is 5.75 Å². The number of anilines is 1. The molecule has 4 N–H and O–H groups in total. The number of amides is 1. The van der Waals surface area contributed by atoms with Crippen LogP contribution in [-0.4, -0.2) is 12.5 Å². The molecule has 0 spiro atoms. The standard InChI is InChI=1S/C16H17N3O2/c1-10-8-11(6-7-13(10)19-17)16(20)18-14-9-21-15-5-3-2-4-12(14)15/h2-8,14,19H,9,17H2,1H3,(H,18,20). The Kier molecular flexibility index (Phi) is 3.50. The van der Waals surface area contributed by atoms with Gasteiger partial charge in [0.05, 0.1) is 11.7 Å². The van der Waals surface area contributed by atoms with Crippen molar-refractivity contribution >= 4 is 11.6 Å². The molecule has 1 aliphatic heterocycles. The molecule has 5 heteroatoms. The number of carbonyl (C=O) groups is 1. The Balaban J connectivity index is 1.77. The van der Waals surface area contributed by atoms with Crippen LogP contribution in [-0.2, 0) is 0 Å². The first-order valence-corrected chi connectivity index (χ1v) is 6.79. The van der Waals surface area contributed by atoms with Gasteiger partial charge in [-0.3, -0.25) is 10.6 Å². The molecule has 2 aromatic rings. The lowest BCUT2D eigenvalue weighted by Crippen LogP contribution is -2.29. The third kappa shape index (κ3) is 2.55. The molecule has 0 bridgehead atoms. The van der Waals surface area contributed by atoms with Gasteiger partial charge in [-0.15, -0.1) is 0 Å². The Morgan fingerprint density at radius 2 is 2.10 bits per heavy atom. The van der Waals surface area contributed by atoms with Crippen molar-refractivity contribution < 1.29 is 9.53 Å². The maximum absolute atomic E-state index is 12.3. The molecular weight excluding hydrogens is 266 g/mol. The molecular formula is C16H17N3O2. The highest BCUT2D eigenvalue weighted by atomic mass is 16.5. The lowest BCUT2D eigenvalue weighted by molar-refractivity contribution is 0.0930. The van der Waals surface area contributed by atoms with Gasteiger partial charge in [0, 0.05) is 11.1 Å². The maximum atomic E-state index is 12.3. The first kappa shape index (κ1) is 13.5. The quantitative estimate of drug-likeness (QED) is 0.596. The zero-order valence-corrected chi connectivity index (χ0v) is 11.7. The van der Waals surface area contributed by atoms with Crippen molar-refractivity contribution in [1.29, 1.82) is 0 Å². The predicted octanol–water partition coefficient (Wildman–Crippen LogP) is 2.14. The molecule has 0 saturated heterocycles. The van der Waals surface area contributed by atoms with Gasteiger partial charge in [0.1, 0.15) is 12.4 Å². The minimum Gasteiger partial charge on any atom is -0.491 e. The first-order chi connectivity index (χ1) is 10.2. The lowest BCUT2D eigenvalue weighted by atomic mass is 10.1. The Morgan fingerprint density at radius 3 is 2.86 bits per heavy atom. The Bertz CT molecular complexity index is 685. The van der Waals surface area contributed by atoms with Gasteiger partial charge in [0.25, 0.3) is 5.91 Å². The van der Waals surface area contributed by atoms with Crippen LogP contribution in [0.2, 0.25) is 0 Å². The second-order valence-corrected chi connectivity index (χ2v) is 5.05. The van der Waals surface area contributed by atoms with Crippen molar-refractivity contribution in [3.63, 3.8) is 0 Å². The van der Waals surface area contributed by atoms with E-state index in [0.29, 0.717) is 12.2 Å². The van der Waals surface area contributed by atoms with E-state index in [2.05, 4.69) is 10.7 Å². The van der Waals surface area contributed by atoms with Gasteiger partial charge >= 0.3 is 0 Å². The van der Waals surface area contributed by atoms with Crippen LogP contribution < -0.4 is 21.3 Å². The number of ether oxygens (including phenoxy) is 1. The zero-order chi connectivity index (χ0) is 14.8. The Morgan fingerprint density at radius 1 is 1.29 bits per heavy atom. The molecule has 0 fully saturated rings. The maximum Gasteiger partial charge on any atom is 0.251 e. The van der Waals surface area contributed by atoms with E-state index in [1.165, 1.54) is 0 Å². The molecule has 0 radical (unpaired) electrons. The summed E-state index contributed by atoms with van der Waals surface area (Å²) in [6.45, 7) is 2.37. The molecule has 1 heterocycles. The number of nitrogens with two attached hydrogens (primary N) is 1. The topological polar surface area (TPSA) is 76.4 Å². The number of carbonyl (C=O) groups excluding carboxylic acids is 1. The number of nitrogens with one attached hydrogen (secondary N) is 2. The van der Waals surface area contributed by atoms with E-state index in [0.717, 1.165) is 22.6 Å². The SMILES string of the molecule is Cc1cc(C(=O)NC2COc3ccccc32)ccc1NN. The average Bonchev–Trinajstić information content (AvgIpc) is 2.90. The van der Waals surface area contributed by atoms with Gasteiger partial charge in [-0.25, -0.2) is 0 Å². The summed E-state index contributed by atoms with van der Waals surface area (Å²) in [5.41, 5.74) is 5.95. The van der Waals surface area contributed by atoms with E-state index in [-0.39, 0.29) is 11.9 Å². The number of benzene rings is 2. The summed E-state index contributed by atoms with van der Waals surface area (Å²) in [6.07, 6.45) is 0. The van der Waals surface area contributed by atoms with Crippen molar-refractivity contribution in [2.24, 2.45) is 5.84 Å². The molecule has 1 atom stereocenters. The monoisotopic (exact) mass is 283 g/mol. The zero-order valence-electron chi connectivity index (χ0n) is 11.7. The number of nitrogen functional groups attached to an aromatic ring is 1. The molecule has 1 amide bonds. The molecule has 5 nitrogen and oxygen atoms in total. The van der Waals surface area contributed by atoms with E-state index >= 15 is 0 Å². The summed E-state index contributed by atoms with van der Waals surface area (Å²) in [6, 6.07) is 13.0. The fraction of sp³-hybridized carbons (Fsp3) is 0.188. The van der Waals surface area contributed by atoms with Crippen molar-refractivity contribution in [1.82, 2.24) is 5.32 Å². The lowest BCUT2D eigenvalue weighted by Gasteiger charge is -2.13. The van der Waals surface area contributed by atoms with E-state index in [1.807, 2.05) is 37.3 Å². The van der Waals surface area contributed by atoms with Crippen molar-refractivity contribution in [2.45, 2.75) is 13.0 Å². The number of hydrogen-bond donors (Lipinski definition) is 3. The van der Waals surface area contributed by atoms with Crippen molar-refractivity contribution in [2.75, 3.05) is 12.0 Å². The highest BCUT2D eigenvalue weighted by molar-refractivity contribution is 5.95. The van der Waals surface area contributed by atoms with Gasteiger partial charge in [-0.2, -0.15) is 0 Å². The second-order valence-electron chi connectivity index (χ2n) is 5.05. The molecule has 21 heavy (non-hydrogen) atoms. The van der Waals surface area contributed by atoms with E-state index < -0.39 is 0 Å². The van der Waals surface area contributed by atoms with Gasteiger partial charge in [0.15, 0.2) is 0 Å². The highest BCUT2D eigenvalue weighted by Gasteiger charge is 2.25. The summed E-state index contributed by atoms with van der Waals surface area (Å²) >= 11 is 0. The van der Waals surface area contributed by atoms with Crippen LogP contribution in [0, 0.1) is 6.92 Å². The van der Waals surface area contributed by atoms with Gasteiger partial charge < -0.3 is 15.5 Å². The fourth-order valence-corrected chi connectivity index (χ4v) is 2.49. The van der Waals surface area contributed by atoms with Crippen LogP contribution in [0.15, 0.2) is 42.5 Å². The van der Waals surface area contributed by atoms with Gasteiger partial charge in [-0.1, -0.05) is 18.2 Å². The van der Waals surface area contributed by atoms with Crippen LogP contribution in [0.3, 0.4) is 0 Å². The Hall–Kier alpha value is -2.53. The van der Waals surface area contributed by atoms with Crippen molar-refractivity contribution in [3.05, 3.63) is 59.2 Å². The summed E-state index contributed by atoms with van der Waals surface area (Å²) < 4.78 is 5.57. The largest absolute Gasteiger partial charge is 0.491 e. The van der Waals surface area contributed by atoms with Crippen LogP contribution in [0.1, 0.15) is 27.5 Å². The molecule has 0 saturated carbocycles. The second kappa shape index (κ2) is 5.46. The minimum atomic E-state index is -0.119. The summed E-state index contributed by atoms with van der Waals surface area (Å²) in [4.78, 5) is 12.3. The van der Waals surface area contributed by atoms with Gasteiger partial charge in [0.2, 0.25) is 0 Å². The van der Waals surface area contributed by atoms with Crippen LogP contribution >= 0.6 is 0 Å². The summed E-state index contributed by atoms with van der Waals surface area (Å²) in [7, 11) is 0. The molecule has 1 unspecified atom stereocenters. The number of hydrazine groups is 1. The molecule has 0 aliphatic carbocycles. The fourth-order valence-electron chi connectivity index (χ4n) is 2.49. The van der Waals surface area contributed by atoms with Crippen LogP contribution in [0.5, 0.6) is 5.75 Å². The number of rotatable bonds is 3. The van der Waals surface area contributed by atoms with Crippen LogP contribution in [0.25, 0.3) is 0 Å².